The summed E-state index contributed by atoms with van der Waals surface area (Å²) < 4.78 is 0. The predicted octanol–water partition coefficient (Wildman–Crippen LogP) is 2.14. The van der Waals surface area contributed by atoms with Gasteiger partial charge in [-0.25, -0.2) is 0 Å². The van der Waals surface area contributed by atoms with Crippen molar-refractivity contribution in [2.45, 2.75) is 19.3 Å². The third-order valence-electron chi connectivity index (χ3n) is 3.64. The van der Waals surface area contributed by atoms with Crippen molar-refractivity contribution in [3.05, 3.63) is 38.9 Å². The summed E-state index contributed by atoms with van der Waals surface area (Å²) in [5.41, 5.74) is -0.460. The molecule has 108 valence electrons. The average Bonchev–Trinajstić information content (AvgIpc) is 3.16. The summed E-state index contributed by atoms with van der Waals surface area (Å²) in [5.74, 6) is -0.511. The van der Waals surface area contributed by atoms with Gasteiger partial charge in [0.05, 0.1) is 4.92 Å². The van der Waals surface area contributed by atoms with Crippen LogP contribution in [0.2, 0.25) is 5.02 Å². The number of nitrogens with zero attached hydrogens (tertiary/aromatic N) is 1. The molecule has 6 nitrogen and oxygen atoms in total. The Balaban J connectivity index is 2.10. The minimum Gasteiger partial charge on any atom is -0.396 e. The molecule has 1 aliphatic carbocycles. The molecule has 1 aliphatic rings. The number of halogens is 1. The van der Waals surface area contributed by atoms with Crippen molar-refractivity contribution in [2.24, 2.45) is 5.41 Å². The summed E-state index contributed by atoms with van der Waals surface area (Å²) in [6.07, 6.45) is 2.53. The van der Waals surface area contributed by atoms with Crippen molar-refractivity contribution in [1.29, 1.82) is 0 Å². The molecule has 7 heteroatoms. The van der Waals surface area contributed by atoms with E-state index in [-0.39, 0.29) is 28.3 Å². The van der Waals surface area contributed by atoms with Gasteiger partial charge in [-0.05, 0) is 36.8 Å². The van der Waals surface area contributed by atoms with E-state index >= 15 is 0 Å². The highest BCUT2D eigenvalue weighted by atomic mass is 35.5. The maximum absolute atomic E-state index is 12.1. The van der Waals surface area contributed by atoms with Crippen LogP contribution in [0.1, 0.15) is 29.6 Å². The van der Waals surface area contributed by atoms with Crippen LogP contribution in [0.5, 0.6) is 0 Å². The maximum Gasteiger partial charge on any atom is 0.300 e. The van der Waals surface area contributed by atoms with Crippen molar-refractivity contribution < 1.29 is 14.8 Å². The second-order valence-electron chi connectivity index (χ2n) is 5.05. The molecule has 0 saturated heterocycles. The maximum atomic E-state index is 12.1. The van der Waals surface area contributed by atoms with Gasteiger partial charge in [0.15, 0.2) is 0 Å². The van der Waals surface area contributed by atoms with Crippen LogP contribution < -0.4 is 5.32 Å². The molecule has 1 fully saturated rings. The largest absolute Gasteiger partial charge is 0.396 e. The minimum atomic E-state index is -0.655. The third-order valence-corrected chi connectivity index (χ3v) is 3.94. The molecular weight excluding hydrogens is 284 g/mol. The molecule has 1 saturated carbocycles. The fourth-order valence-corrected chi connectivity index (χ4v) is 2.42. The predicted molar refractivity (Wildman–Crippen MR) is 73.8 cm³/mol. The molecule has 1 aromatic carbocycles. The van der Waals surface area contributed by atoms with E-state index in [1.54, 1.807) is 0 Å². The summed E-state index contributed by atoms with van der Waals surface area (Å²) in [6.45, 7) is 0.489. The first-order valence-electron chi connectivity index (χ1n) is 6.31. The first kappa shape index (κ1) is 14.7. The Morgan fingerprint density at radius 1 is 1.50 bits per heavy atom. The third kappa shape index (κ3) is 3.08. The SMILES string of the molecule is O=C(NCC1(CCO)CC1)c1cccc(Cl)c1[N+](=O)[O-]. The molecule has 1 amide bonds. The molecule has 0 bridgehead atoms. The number of aliphatic hydroxyl groups is 1. The van der Waals surface area contributed by atoms with Crippen LogP contribution in [0.4, 0.5) is 5.69 Å². The molecule has 20 heavy (non-hydrogen) atoms. The van der Waals surface area contributed by atoms with E-state index in [0.29, 0.717) is 13.0 Å². The van der Waals surface area contributed by atoms with E-state index in [1.807, 2.05) is 0 Å². The van der Waals surface area contributed by atoms with Gasteiger partial charge in [-0.15, -0.1) is 0 Å². The van der Waals surface area contributed by atoms with Gasteiger partial charge < -0.3 is 10.4 Å². The number of hydrogen-bond acceptors (Lipinski definition) is 4. The lowest BCUT2D eigenvalue weighted by molar-refractivity contribution is -0.385. The van der Waals surface area contributed by atoms with Gasteiger partial charge >= 0.3 is 5.69 Å². The van der Waals surface area contributed by atoms with E-state index in [1.165, 1.54) is 18.2 Å². The summed E-state index contributed by atoms with van der Waals surface area (Å²) in [6, 6.07) is 4.26. The summed E-state index contributed by atoms with van der Waals surface area (Å²) in [7, 11) is 0. The second-order valence-corrected chi connectivity index (χ2v) is 5.46. The van der Waals surface area contributed by atoms with Crippen molar-refractivity contribution in [2.75, 3.05) is 13.2 Å². The lowest BCUT2D eigenvalue weighted by atomic mass is 10.0. The van der Waals surface area contributed by atoms with E-state index in [9.17, 15) is 14.9 Å². The zero-order chi connectivity index (χ0) is 14.8. The standard InChI is InChI=1S/C13H15ClN2O4/c14-10-3-1-2-9(11(10)16(19)20)12(18)15-8-13(4-5-13)6-7-17/h1-3,17H,4-8H2,(H,15,18). The lowest BCUT2D eigenvalue weighted by Crippen LogP contribution is -2.31. The van der Waals surface area contributed by atoms with E-state index in [2.05, 4.69) is 5.32 Å². The Hall–Kier alpha value is -1.66. The Labute approximate surface area is 120 Å². The highest BCUT2D eigenvalue weighted by Gasteiger charge is 2.42. The Kier molecular flexibility index (Phi) is 4.25. The van der Waals surface area contributed by atoms with Crippen molar-refractivity contribution in [3.8, 4) is 0 Å². The van der Waals surface area contributed by atoms with Gasteiger partial charge in [-0.1, -0.05) is 17.7 Å². The number of rotatable bonds is 6. The summed E-state index contributed by atoms with van der Waals surface area (Å²) in [4.78, 5) is 22.4. The number of hydrogen-bond donors (Lipinski definition) is 2. The number of benzene rings is 1. The molecule has 0 aromatic heterocycles. The first-order chi connectivity index (χ1) is 9.49. The van der Waals surface area contributed by atoms with Crippen LogP contribution in [0, 0.1) is 15.5 Å². The summed E-state index contributed by atoms with van der Waals surface area (Å²) in [5, 5.41) is 22.6. The van der Waals surface area contributed by atoms with Crippen molar-refractivity contribution in [1.82, 2.24) is 5.32 Å². The van der Waals surface area contributed by atoms with Gasteiger partial charge in [0.2, 0.25) is 0 Å². The fraction of sp³-hybridized carbons (Fsp3) is 0.462. The molecule has 0 heterocycles. The smallest absolute Gasteiger partial charge is 0.300 e. The molecule has 1 aromatic rings. The second kappa shape index (κ2) is 5.76. The molecule has 0 unspecified atom stereocenters. The number of aliphatic hydroxyl groups excluding tert-OH is 1. The molecule has 0 atom stereocenters. The van der Waals surface area contributed by atoms with Gasteiger partial charge in [-0.3, -0.25) is 14.9 Å². The lowest BCUT2D eigenvalue weighted by Gasteiger charge is -2.14. The Morgan fingerprint density at radius 2 is 2.20 bits per heavy atom. The normalized spacial score (nSPS) is 15.7. The zero-order valence-corrected chi connectivity index (χ0v) is 11.5. The molecule has 2 rings (SSSR count). The molecule has 2 N–H and O–H groups in total. The number of amides is 1. The first-order valence-corrected chi connectivity index (χ1v) is 6.69. The Bertz CT molecular complexity index is 543. The van der Waals surface area contributed by atoms with Gasteiger partial charge in [-0.2, -0.15) is 0 Å². The van der Waals surface area contributed by atoms with Crippen LogP contribution in [0.15, 0.2) is 18.2 Å². The number of para-hydroxylation sites is 1. The minimum absolute atomic E-state index is 0.0395. The fourth-order valence-electron chi connectivity index (χ4n) is 2.18. The van der Waals surface area contributed by atoms with Crippen LogP contribution in [0.3, 0.4) is 0 Å². The van der Waals surface area contributed by atoms with Crippen molar-refractivity contribution >= 4 is 23.2 Å². The number of nitrogens with one attached hydrogen (secondary N) is 1. The monoisotopic (exact) mass is 298 g/mol. The highest BCUT2D eigenvalue weighted by molar-refractivity contribution is 6.33. The quantitative estimate of drug-likeness (QED) is 0.621. The zero-order valence-electron chi connectivity index (χ0n) is 10.8. The number of nitro benzene ring substituents is 1. The molecule has 0 spiro atoms. The number of nitro groups is 1. The topological polar surface area (TPSA) is 92.5 Å². The average molecular weight is 299 g/mol. The van der Waals surface area contributed by atoms with Crippen molar-refractivity contribution in [3.63, 3.8) is 0 Å². The van der Waals surface area contributed by atoms with E-state index < -0.39 is 10.8 Å². The molecular formula is C13H15ClN2O4. The van der Waals surface area contributed by atoms with Crippen LogP contribution in [0.25, 0.3) is 0 Å². The molecule has 0 aliphatic heterocycles. The van der Waals surface area contributed by atoms with Gasteiger partial charge in [0, 0.05) is 13.2 Å². The number of carbonyl (C=O) groups is 1. The van der Waals surface area contributed by atoms with Gasteiger partial charge in [0.1, 0.15) is 10.6 Å². The van der Waals surface area contributed by atoms with E-state index in [4.69, 9.17) is 16.7 Å². The van der Waals surface area contributed by atoms with Crippen LogP contribution >= 0.6 is 11.6 Å². The van der Waals surface area contributed by atoms with Crippen LogP contribution in [-0.4, -0.2) is 29.1 Å². The number of carbonyl (C=O) groups excluding carboxylic acids is 1. The highest BCUT2D eigenvalue weighted by Crippen LogP contribution is 2.48. The Morgan fingerprint density at radius 3 is 2.75 bits per heavy atom. The van der Waals surface area contributed by atoms with Crippen LogP contribution in [-0.2, 0) is 0 Å². The summed E-state index contributed by atoms with van der Waals surface area (Å²) >= 11 is 5.77. The van der Waals surface area contributed by atoms with Gasteiger partial charge in [0.25, 0.3) is 5.91 Å². The molecule has 0 radical (unpaired) electrons. The van der Waals surface area contributed by atoms with E-state index in [0.717, 1.165) is 12.8 Å².